The lowest BCUT2D eigenvalue weighted by molar-refractivity contribution is -0.116. The number of amides is 1. The first kappa shape index (κ1) is 13.3. The molecular weight excluding hydrogens is 278 g/mol. The molecule has 1 fully saturated rings. The average molecular weight is 295 g/mol. The fourth-order valence-electron chi connectivity index (χ4n) is 2.85. The molecule has 0 saturated carbocycles. The highest BCUT2D eigenvalue weighted by atomic mass is 16.6. The Kier molecular flexibility index (Phi) is 3.31. The lowest BCUT2D eigenvalue weighted by Gasteiger charge is -2.21. The van der Waals surface area contributed by atoms with Gasteiger partial charge < -0.3 is 14.8 Å². The van der Waals surface area contributed by atoms with Crippen LogP contribution in [0.15, 0.2) is 42.5 Å². The molecule has 2 aliphatic rings. The molecule has 4 heteroatoms. The minimum Gasteiger partial charge on any atom is -0.489 e. The van der Waals surface area contributed by atoms with Gasteiger partial charge in [0.1, 0.15) is 18.5 Å². The quantitative estimate of drug-likeness (QED) is 0.881. The molecule has 22 heavy (non-hydrogen) atoms. The summed E-state index contributed by atoms with van der Waals surface area (Å²) >= 11 is 0. The summed E-state index contributed by atoms with van der Waals surface area (Å²) in [6.45, 7) is 1.26. The number of carbonyl (C=O) groups excluding carboxylic acids is 1. The van der Waals surface area contributed by atoms with Gasteiger partial charge in [-0.3, -0.25) is 4.79 Å². The van der Waals surface area contributed by atoms with Crippen molar-refractivity contribution in [2.24, 2.45) is 0 Å². The van der Waals surface area contributed by atoms with E-state index in [2.05, 4.69) is 11.4 Å². The maximum absolute atomic E-state index is 11.6. The summed E-state index contributed by atoms with van der Waals surface area (Å²) in [4.78, 5) is 11.6. The topological polar surface area (TPSA) is 50.9 Å². The third kappa shape index (κ3) is 2.70. The Hall–Kier alpha value is -2.33. The molecule has 4 nitrogen and oxygen atoms in total. The summed E-state index contributed by atoms with van der Waals surface area (Å²) in [7, 11) is 0. The van der Waals surface area contributed by atoms with Crippen molar-refractivity contribution < 1.29 is 14.3 Å². The van der Waals surface area contributed by atoms with Crippen LogP contribution in [0, 0.1) is 0 Å². The van der Waals surface area contributed by atoms with Gasteiger partial charge in [-0.1, -0.05) is 30.3 Å². The van der Waals surface area contributed by atoms with E-state index in [0.717, 1.165) is 35.6 Å². The molecule has 0 aromatic heterocycles. The fraction of sp³-hybridized carbons (Fsp3) is 0.278. The van der Waals surface area contributed by atoms with Crippen LogP contribution < -0.4 is 10.1 Å². The number of anilines is 1. The second kappa shape index (κ2) is 5.46. The summed E-state index contributed by atoms with van der Waals surface area (Å²) in [6, 6.07) is 14.0. The molecule has 2 aliphatic heterocycles. The Balaban J connectivity index is 1.61. The average Bonchev–Trinajstić information content (AvgIpc) is 3.37. The van der Waals surface area contributed by atoms with E-state index < -0.39 is 0 Å². The number of epoxide rings is 1. The maximum Gasteiger partial charge on any atom is 0.224 e. The molecule has 1 saturated heterocycles. The molecule has 2 aromatic rings. The van der Waals surface area contributed by atoms with Crippen LogP contribution in [0.25, 0.3) is 0 Å². The molecule has 2 heterocycles. The van der Waals surface area contributed by atoms with Crippen LogP contribution >= 0.6 is 0 Å². The highest BCUT2D eigenvalue weighted by Crippen LogP contribution is 2.40. The fourth-order valence-corrected chi connectivity index (χ4v) is 2.85. The normalized spacial score (nSPS) is 19.3. The standard InChI is InChI=1S/C18H17NO3/c20-18-7-6-14-15(17-11-22-17)8-13(9-16(14)19-18)21-10-12-4-2-1-3-5-12/h1-5,8-9,17H,6-7,10-11H2,(H,19,20)/t17-/m0/s1. The van der Waals surface area contributed by atoms with Gasteiger partial charge >= 0.3 is 0 Å². The van der Waals surface area contributed by atoms with Gasteiger partial charge in [0, 0.05) is 18.2 Å². The number of hydrogen-bond donors (Lipinski definition) is 1. The third-order valence-corrected chi connectivity index (χ3v) is 4.06. The van der Waals surface area contributed by atoms with Gasteiger partial charge in [0.05, 0.1) is 6.61 Å². The van der Waals surface area contributed by atoms with Crippen LogP contribution in [0.4, 0.5) is 5.69 Å². The highest BCUT2D eigenvalue weighted by Gasteiger charge is 2.31. The summed E-state index contributed by atoms with van der Waals surface area (Å²) in [5.74, 6) is 0.839. The van der Waals surface area contributed by atoms with Crippen molar-refractivity contribution in [3.8, 4) is 5.75 Å². The van der Waals surface area contributed by atoms with E-state index in [-0.39, 0.29) is 12.0 Å². The molecule has 4 rings (SSSR count). The molecule has 0 unspecified atom stereocenters. The van der Waals surface area contributed by atoms with Gasteiger partial charge in [-0.05, 0) is 29.2 Å². The lowest BCUT2D eigenvalue weighted by atomic mass is 9.95. The van der Waals surface area contributed by atoms with Crippen LogP contribution in [-0.2, 0) is 22.6 Å². The molecule has 0 bridgehead atoms. The Labute approximate surface area is 129 Å². The number of fused-ring (bicyclic) bond motifs is 1. The van der Waals surface area contributed by atoms with Crippen molar-refractivity contribution in [1.82, 2.24) is 0 Å². The second-order valence-electron chi connectivity index (χ2n) is 5.68. The zero-order valence-electron chi connectivity index (χ0n) is 12.2. The predicted molar refractivity (Wildman–Crippen MR) is 82.9 cm³/mol. The Morgan fingerprint density at radius 3 is 2.77 bits per heavy atom. The molecule has 1 atom stereocenters. The van der Waals surface area contributed by atoms with Crippen LogP contribution in [0.5, 0.6) is 5.75 Å². The van der Waals surface area contributed by atoms with Gasteiger partial charge in [0.25, 0.3) is 0 Å². The first-order valence-electron chi connectivity index (χ1n) is 7.54. The zero-order valence-corrected chi connectivity index (χ0v) is 12.2. The van der Waals surface area contributed by atoms with Crippen molar-refractivity contribution in [1.29, 1.82) is 0 Å². The molecule has 2 aromatic carbocycles. The van der Waals surface area contributed by atoms with E-state index in [0.29, 0.717) is 13.0 Å². The van der Waals surface area contributed by atoms with Crippen molar-refractivity contribution in [3.63, 3.8) is 0 Å². The molecular formula is C18H17NO3. The van der Waals surface area contributed by atoms with Gasteiger partial charge in [-0.2, -0.15) is 0 Å². The van der Waals surface area contributed by atoms with E-state index in [1.54, 1.807) is 0 Å². The molecule has 1 N–H and O–H groups in total. The van der Waals surface area contributed by atoms with E-state index >= 15 is 0 Å². The summed E-state index contributed by atoms with van der Waals surface area (Å²) < 4.78 is 11.3. The van der Waals surface area contributed by atoms with E-state index in [9.17, 15) is 4.79 Å². The van der Waals surface area contributed by atoms with Crippen molar-refractivity contribution >= 4 is 11.6 Å². The molecule has 0 spiro atoms. The number of benzene rings is 2. The monoisotopic (exact) mass is 295 g/mol. The summed E-state index contributed by atoms with van der Waals surface area (Å²) in [5, 5.41) is 2.95. The van der Waals surface area contributed by atoms with Crippen LogP contribution in [0.2, 0.25) is 0 Å². The SMILES string of the molecule is O=C1CCc2c(cc(OCc3ccccc3)cc2[C@@H]2CO2)N1. The van der Waals surface area contributed by atoms with Crippen molar-refractivity contribution in [3.05, 3.63) is 59.2 Å². The lowest BCUT2D eigenvalue weighted by Crippen LogP contribution is -2.20. The number of ether oxygens (including phenoxy) is 2. The van der Waals surface area contributed by atoms with Crippen LogP contribution in [-0.4, -0.2) is 12.5 Å². The Morgan fingerprint density at radius 1 is 1.18 bits per heavy atom. The number of rotatable bonds is 4. The number of carbonyl (C=O) groups is 1. The van der Waals surface area contributed by atoms with Gasteiger partial charge in [0.15, 0.2) is 0 Å². The van der Waals surface area contributed by atoms with E-state index in [4.69, 9.17) is 9.47 Å². The Morgan fingerprint density at radius 2 is 2.00 bits per heavy atom. The number of nitrogens with one attached hydrogen (secondary N) is 1. The van der Waals surface area contributed by atoms with Gasteiger partial charge in [-0.25, -0.2) is 0 Å². The Bertz CT molecular complexity index is 708. The van der Waals surface area contributed by atoms with Crippen LogP contribution in [0.1, 0.15) is 29.2 Å². The second-order valence-corrected chi connectivity index (χ2v) is 5.68. The molecule has 112 valence electrons. The van der Waals surface area contributed by atoms with Crippen LogP contribution in [0.3, 0.4) is 0 Å². The third-order valence-electron chi connectivity index (χ3n) is 4.06. The summed E-state index contributed by atoms with van der Waals surface area (Å²) in [5.41, 5.74) is 4.33. The summed E-state index contributed by atoms with van der Waals surface area (Å²) in [6.07, 6.45) is 1.47. The highest BCUT2D eigenvalue weighted by molar-refractivity contribution is 5.94. The minimum absolute atomic E-state index is 0.0652. The predicted octanol–water partition coefficient (Wildman–Crippen LogP) is 3.22. The van der Waals surface area contributed by atoms with Crippen molar-refractivity contribution in [2.75, 3.05) is 11.9 Å². The number of hydrogen-bond acceptors (Lipinski definition) is 3. The van der Waals surface area contributed by atoms with Gasteiger partial charge in [-0.15, -0.1) is 0 Å². The molecule has 0 aliphatic carbocycles. The smallest absolute Gasteiger partial charge is 0.224 e. The van der Waals surface area contributed by atoms with E-state index in [1.807, 2.05) is 36.4 Å². The zero-order chi connectivity index (χ0) is 14.9. The van der Waals surface area contributed by atoms with Crippen molar-refractivity contribution in [2.45, 2.75) is 25.6 Å². The molecule has 1 amide bonds. The first-order valence-corrected chi connectivity index (χ1v) is 7.54. The minimum atomic E-state index is 0.0652. The van der Waals surface area contributed by atoms with Gasteiger partial charge in [0.2, 0.25) is 5.91 Å². The van der Waals surface area contributed by atoms with E-state index in [1.165, 1.54) is 5.56 Å². The maximum atomic E-state index is 11.6. The first-order chi connectivity index (χ1) is 10.8. The largest absolute Gasteiger partial charge is 0.489 e. The molecule has 0 radical (unpaired) electrons.